The average Bonchev–Trinajstić information content (AvgIpc) is 2.47. The van der Waals surface area contributed by atoms with Gasteiger partial charge in [-0.3, -0.25) is 14.6 Å². The molecule has 0 aromatic carbocycles. The van der Waals surface area contributed by atoms with Crippen molar-refractivity contribution in [1.29, 1.82) is 0 Å². The van der Waals surface area contributed by atoms with Crippen molar-refractivity contribution < 1.29 is 14.3 Å². The summed E-state index contributed by atoms with van der Waals surface area (Å²) in [4.78, 5) is 29.0. The maximum absolute atomic E-state index is 12.6. The van der Waals surface area contributed by atoms with E-state index in [4.69, 9.17) is 4.74 Å². The second kappa shape index (κ2) is 6.04. The van der Waals surface area contributed by atoms with Gasteiger partial charge in [-0.2, -0.15) is 0 Å². The Morgan fingerprint density at radius 1 is 1.14 bits per heavy atom. The van der Waals surface area contributed by atoms with Gasteiger partial charge in [-0.25, -0.2) is 0 Å². The Hall–Kier alpha value is -2.23. The van der Waals surface area contributed by atoms with Crippen molar-refractivity contribution in [2.75, 3.05) is 0 Å². The Morgan fingerprint density at radius 3 is 2.43 bits per heavy atom. The summed E-state index contributed by atoms with van der Waals surface area (Å²) in [5.74, 6) is -0.134. The number of hydrogen-bond donors (Lipinski definition) is 0. The highest BCUT2D eigenvalue weighted by Crippen LogP contribution is 2.28. The summed E-state index contributed by atoms with van der Waals surface area (Å²) in [5, 5.41) is 0. The van der Waals surface area contributed by atoms with E-state index in [1.165, 1.54) is 0 Å². The Bertz CT molecular complexity index is 639. The molecule has 0 fully saturated rings. The number of carbonyl (C=O) groups excluding carboxylic acids is 2. The van der Waals surface area contributed by atoms with E-state index in [0.717, 1.165) is 5.56 Å². The van der Waals surface area contributed by atoms with Crippen LogP contribution in [-0.2, 0) is 20.7 Å². The van der Waals surface area contributed by atoms with Crippen molar-refractivity contribution in [3.8, 4) is 0 Å². The molecule has 4 nitrogen and oxygen atoms in total. The molecule has 1 aliphatic carbocycles. The third-order valence-corrected chi connectivity index (χ3v) is 3.41. The van der Waals surface area contributed by atoms with Gasteiger partial charge in [0.2, 0.25) is 5.78 Å². The molecule has 0 aliphatic heterocycles. The van der Waals surface area contributed by atoms with Gasteiger partial charge in [0.25, 0.3) is 0 Å². The molecule has 0 amide bonds. The van der Waals surface area contributed by atoms with Crippen molar-refractivity contribution >= 4 is 11.6 Å². The summed E-state index contributed by atoms with van der Waals surface area (Å²) in [7, 11) is 0. The van der Waals surface area contributed by atoms with Crippen LogP contribution in [0.15, 0.2) is 47.0 Å². The van der Waals surface area contributed by atoms with Crippen molar-refractivity contribution in [2.45, 2.75) is 40.2 Å². The molecular formula is C17H19NO3. The Kier molecular flexibility index (Phi) is 4.36. The summed E-state index contributed by atoms with van der Waals surface area (Å²) in [6.07, 6.45) is 3.62. The zero-order chi connectivity index (χ0) is 15.6. The lowest BCUT2D eigenvalue weighted by Crippen LogP contribution is -2.26. The average molecular weight is 285 g/mol. The maximum Gasteiger partial charge on any atom is 0.224 e. The predicted octanol–water partition coefficient (Wildman–Crippen LogP) is 2.79. The first-order valence-corrected chi connectivity index (χ1v) is 6.97. The van der Waals surface area contributed by atoms with E-state index in [-0.39, 0.29) is 23.4 Å². The predicted molar refractivity (Wildman–Crippen MR) is 79.6 cm³/mol. The molecule has 0 spiro atoms. The lowest BCUT2D eigenvalue weighted by atomic mass is 9.86. The fourth-order valence-corrected chi connectivity index (χ4v) is 2.30. The summed E-state index contributed by atoms with van der Waals surface area (Å²) in [6, 6.07) is 3.70. The zero-order valence-electron chi connectivity index (χ0n) is 12.8. The minimum absolute atomic E-state index is 0.121. The summed E-state index contributed by atoms with van der Waals surface area (Å²) in [6.45, 7) is 7.01. The molecule has 0 unspecified atom stereocenters. The molecule has 1 aliphatic rings. The third-order valence-electron chi connectivity index (χ3n) is 3.41. The minimum Gasteiger partial charge on any atom is -0.486 e. The first kappa shape index (κ1) is 15.2. The number of pyridine rings is 1. The summed E-state index contributed by atoms with van der Waals surface area (Å²) < 4.78 is 5.56. The minimum atomic E-state index is -0.192. The van der Waals surface area contributed by atoms with Gasteiger partial charge >= 0.3 is 0 Å². The van der Waals surface area contributed by atoms with Crippen molar-refractivity contribution in [3.63, 3.8) is 0 Å². The van der Waals surface area contributed by atoms with Gasteiger partial charge in [0.15, 0.2) is 11.5 Å². The molecule has 0 saturated heterocycles. The maximum atomic E-state index is 12.6. The lowest BCUT2D eigenvalue weighted by molar-refractivity contribution is -0.119. The van der Waals surface area contributed by atoms with Gasteiger partial charge in [0, 0.05) is 35.5 Å². The quantitative estimate of drug-likeness (QED) is 0.798. The number of nitrogens with zero attached hydrogens (tertiary/aromatic N) is 1. The van der Waals surface area contributed by atoms with E-state index in [9.17, 15) is 9.59 Å². The fraction of sp³-hybridized carbons (Fsp3) is 0.353. The lowest BCUT2D eigenvalue weighted by Gasteiger charge is -2.22. The smallest absolute Gasteiger partial charge is 0.224 e. The molecule has 0 radical (unpaired) electrons. The largest absolute Gasteiger partial charge is 0.486 e. The van der Waals surface area contributed by atoms with E-state index in [1.54, 1.807) is 26.2 Å². The molecule has 0 atom stereocenters. The number of rotatable bonds is 4. The van der Waals surface area contributed by atoms with Crippen LogP contribution in [0.25, 0.3) is 0 Å². The number of allylic oxidation sites excluding steroid dienone is 3. The number of hydrogen-bond acceptors (Lipinski definition) is 4. The van der Waals surface area contributed by atoms with E-state index < -0.39 is 0 Å². The van der Waals surface area contributed by atoms with Crippen LogP contribution in [0.1, 0.15) is 33.3 Å². The summed E-state index contributed by atoms with van der Waals surface area (Å²) in [5.41, 5.74) is 2.28. The highest BCUT2D eigenvalue weighted by molar-refractivity contribution is 6.24. The molecule has 0 N–H and O–H groups in total. The second-order valence-electron chi connectivity index (χ2n) is 5.42. The van der Waals surface area contributed by atoms with E-state index in [1.807, 2.05) is 26.0 Å². The summed E-state index contributed by atoms with van der Waals surface area (Å²) >= 11 is 0. The van der Waals surface area contributed by atoms with Crippen LogP contribution in [-0.4, -0.2) is 22.7 Å². The normalized spacial score (nSPS) is 16.0. The van der Waals surface area contributed by atoms with E-state index in [2.05, 4.69) is 4.98 Å². The van der Waals surface area contributed by atoms with E-state index >= 15 is 0 Å². The molecule has 21 heavy (non-hydrogen) atoms. The number of Topliss-reactive ketones (excluding diaryl/α,β-unsaturated/α-hetero) is 2. The van der Waals surface area contributed by atoms with Crippen LogP contribution in [0, 0.1) is 0 Å². The molecule has 110 valence electrons. The van der Waals surface area contributed by atoms with Crippen molar-refractivity contribution in [1.82, 2.24) is 4.98 Å². The van der Waals surface area contributed by atoms with E-state index in [0.29, 0.717) is 23.1 Å². The molecule has 0 saturated carbocycles. The first-order chi connectivity index (χ1) is 9.91. The van der Waals surface area contributed by atoms with Crippen LogP contribution in [0.5, 0.6) is 0 Å². The van der Waals surface area contributed by atoms with Gasteiger partial charge in [0.05, 0.1) is 6.10 Å². The SMILES string of the molecule is CC1=C(Cc2cccnc2)C(=O)C(OC(C)C)=C(C)C1=O. The third kappa shape index (κ3) is 3.10. The molecule has 2 rings (SSSR count). The number of aromatic nitrogens is 1. The molecule has 0 bridgehead atoms. The number of carbonyl (C=O) groups is 2. The highest BCUT2D eigenvalue weighted by Gasteiger charge is 2.32. The van der Waals surface area contributed by atoms with Gasteiger partial charge in [-0.1, -0.05) is 6.07 Å². The second-order valence-corrected chi connectivity index (χ2v) is 5.42. The molecule has 1 heterocycles. The monoisotopic (exact) mass is 285 g/mol. The Morgan fingerprint density at radius 2 is 1.86 bits per heavy atom. The van der Waals surface area contributed by atoms with Gasteiger partial charge < -0.3 is 4.74 Å². The fourth-order valence-electron chi connectivity index (χ4n) is 2.30. The van der Waals surface area contributed by atoms with Gasteiger partial charge in [-0.05, 0) is 39.3 Å². The van der Waals surface area contributed by atoms with Crippen LogP contribution in [0.4, 0.5) is 0 Å². The first-order valence-electron chi connectivity index (χ1n) is 6.97. The van der Waals surface area contributed by atoms with Crippen LogP contribution in [0.2, 0.25) is 0 Å². The zero-order valence-corrected chi connectivity index (χ0v) is 12.8. The number of ketones is 2. The standard InChI is InChI=1S/C17H19NO3/c1-10(2)21-17-12(4)15(19)11(3)14(16(17)20)8-13-6-5-7-18-9-13/h5-7,9-10H,8H2,1-4H3. The van der Waals surface area contributed by atoms with Crippen molar-refractivity contribution in [3.05, 3.63) is 52.6 Å². The molecule has 1 aromatic heterocycles. The molecular weight excluding hydrogens is 266 g/mol. The van der Waals surface area contributed by atoms with Crippen molar-refractivity contribution in [2.24, 2.45) is 0 Å². The Balaban J connectivity index is 2.37. The van der Waals surface area contributed by atoms with Crippen LogP contribution < -0.4 is 0 Å². The topological polar surface area (TPSA) is 56.3 Å². The molecule has 4 heteroatoms. The van der Waals surface area contributed by atoms with Gasteiger partial charge in [-0.15, -0.1) is 0 Å². The molecule has 1 aromatic rings. The van der Waals surface area contributed by atoms with Crippen LogP contribution in [0.3, 0.4) is 0 Å². The highest BCUT2D eigenvalue weighted by atomic mass is 16.5. The Labute approximate surface area is 124 Å². The van der Waals surface area contributed by atoms with Gasteiger partial charge in [0.1, 0.15) is 0 Å². The number of ether oxygens (including phenoxy) is 1. The van der Waals surface area contributed by atoms with Crippen LogP contribution >= 0.6 is 0 Å².